The molecule has 0 saturated carbocycles. The number of rotatable bonds is 4. The van der Waals surface area contributed by atoms with Crippen molar-refractivity contribution in [3.05, 3.63) is 102 Å². The predicted octanol–water partition coefficient (Wildman–Crippen LogP) is 4.64. The highest BCUT2D eigenvalue weighted by molar-refractivity contribution is 7.80. The number of amides is 1. The van der Waals surface area contributed by atoms with Gasteiger partial charge in [0.15, 0.2) is 5.11 Å². The number of hydrogen-bond donors (Lipinski definition) is 2. The maximum atomic E-state index is 13.0. The lowest BCUT2D eigenvalue weighted by molar-refractivity contribution is -0.120. The van der Waals surface area contributed by atoms with Gasteiger partial charge < -0.3 is 10.6 Å². The molecule has 0 aliphatic carbocycles. The van der Waals surface area contributed by atoms with Crippen LogP contribution >= 0.6 is 12.2 Å². The van der Waals surface area contributed by atoms with E-state index in [9.17, 15) is 4.79 Å². The summed E-state index contributed by atoms with van der Waals surface area (Å²) in [6, 6.07) is 27.3. The minimum Gasteiger partial charge on any atom is -0.332 e. The summed E-state index contributed by atoms with van der Waals surface area (Å²) in [5.74, 6) is -0.581. The van der Waals surface area contributed by atoms with Gasteiger partial charge in [0.25, 0.3) is 0 Å². The monoisotopic (exact) mass is 360 g/mol. The topological polar surface area (TPSA) is 41.1 Å². The second-order valence-electron chi connectivity index (χ2n) is 6.07. The van der Waals surface area contributed by atoms with E-state index < -0.39 is 5.92 Å². The lowest BCUT2D eigenvalue weighted by Gasteiger charge is -2.18. The minimum absolute atomic E-state index is 0.160. The molecule has 26 heavy (non-hydrogen) atoms. The third kappa shape index (κ3) is 4.55. The predicted molar refractivity (Wildman–Crippen MR) is 110 cm³/mol. The normalized spacial score (nSPS) is 10.4. The largest absolute Gasteiger partial charge is 0.332 e. The van der Waals surface area contributed by atoms with Gasteiger partial charge in [-0.1, -0.05) is 72.8 Å². The van der Waals surface area contributed by atoms with E-state index in [2.05, 4.69) is 10.6 Å². The number of carbonyl (C=O) groups excluding carboxylic acids is 1. The smallest absolute Gasteiger partial charge is 0.238 e. The number of nitrogens with one attached hydrogen (secondary N) is 2. The average Bonchev–Trinajstić information content (AvgIpc) is 2.63. The first-order chi connectivity index (χ1) is 12.6. The highest BCUT2D eigenvalue weighted by Gasteiger charge is 2.23. The van der Waals surface area contributed by atoms with E-state index in [1.54, 1.807) is 0 Å². The van der Waals surface area contributed by atoms with Crippen molar-refractivity contribution in [1.29, 1.82) is 0 Å². The van der Waals surface area contributed by atoms with Crippen LogP contribution in [0.2, 0.25) is 0 Å². The minimum atomic E-state index is -0.422. The van der Waals surface area contributed by atoms with Crippen LogP contribution < -0.4 is 10.6 Å². The zero-order valence-corrected chi connectivity index (χ0v) is 15.3. The molecule has 0 heterocycles. The number of carbonyl (C=O) groups is 1. The Bertz CT molecular complexity index is 855. The summed E-state index contributed by atoms with van der Waals surface area (Å²) in [4.78, 5) is 13.0. The molecule has 0 atom stereocenters. The van der Waals surface area contributed by atoms with Crippen LogP contribution in [0.3, 0.4) is 0 Å². The molecule has 3 aromatic carbocycles. The average molecular weight is 360 g/mol. The van der Waals surface area contributed by atoms with Crippen LogP contribution in [0.25, 0.3) is 0 Å². The van der Waals surface area contributed by atoms with Gasteiger partial charge in [0.05, 0.1) is 5.92 Å². The summed E-state index contributed by atoms with van der Waals surface area (Å²) in [6.45, 7) is 2.01. The first-order valence-electron chi connectivity index (χ1n) is 8.42. The fourth-order valence-corrected chi connectivity index (χ4v) is 3.07. The Labute approximate surface area is 159 Å². The van der Waals surface area contributed by atoms with Gasteiger partial charge in [-0.25, -0.2) is 0 Å². The number of thiocarbonyl (C=S) groups is 1. The Hall–Kier alpha value is -2.98. The molecule has 0 bridgehead atoms. The number of hydrogen-bond acceptors (Lipinski definition) is 2. The molecule has 0 fully saturated rings. The summed E-state index contributed by atoms with van der Waals surface area (Å²) in [5.41, 5.74) is 3.82. The van der Waals surface area contributed by atoms with Crippen molar-refractivity contribution in [3.63, 3.8) is 0 Å². The highest BCUT2D eigenvalue weighted by Crippen LogP contribution is 2.24. The van der Waals surface area contributed by atoms with Crippen LogP contribution in [0, 0.1) is 6.92 Å². The molecule has 0 aromatic heterocycles. The third-order valence-corrected chi connectivity index (χ3v) is 4.24. The number of benzene rings is 3. The summed E-state index contributed by atoms with van der Waals surface area (Å²) >= 11 is 5.33. The Morgan fingerprint density at radius 1 is 0.846 bits per heavy atom. The molecular formula is C22H20N2OS. The van der Waals surface area contributed by atoms with Crippen molar-refractivity contribution in [3.8, 4) is 0 Å². The Morgan fingerprint density at radius 3 is 1.96 bits per heavy atom. The van der Waals surface area contributed by atoms with Gasteiger partial charge in [0.2, 0.25) is 5.91 Å². The summed E-state index contributed by atoms with van der Waals surface area (Å²) in [7, 11) is 0. The van der Waals surface area contributed by atoms with E-state index in [1.807, 2.05) is 91.9 Å². The quantitative estimate of drug-likeness (QED) is 0.666. The lowest BCUT2D eigenvalue weighted by atomic mass is 9.90. The molecule has 2 N–H and O–H groups in total. The molecule has 0 aliphatic heterocycles. The molecule has 3 rings (SSSR count). The van der Waals surface area contributed by atoms with Gasteiger partial charge in [0.1, 0.15) is 0 Å². The van der Waals surface area contributed by atoms with Gasteiger partial charge in [-0.3, -0.25) is 4.79 Å². The van der Waals surface area contributed by atoms with E-state index >= 15 is 0 Å². The summed E-state index contributed by atoms with van der Waals surface area (Å²) in [5, 5.41) is 6.19. The Morgan fingerprint density at radius 2 is 1.42 bits per heavy atom. The zero-order chi connectivity index (χ0) is 18.4. The first kappa shape index (κ1) is 17.8. The van der Waals surface area contributed by atoms with Crippen LogP contribution in [0.1, 0.15) is 22.6 Å². The Kier molecular flexibility index (Phi) is 5.77. The molecular weight excluding hydrogens is 340 g/mol. The van der Waals surface area contributed by atoms with Crippen molar-refractivity contribution in [1.82, 2.24) is 5.32 Å². The molecule has 0 spiro atoms. The molecule has 3 nitrogen and oxygen atoms in total. The standard InChI is InChI=1S/C22H20N2OS/c1-16-9-8-14-19(15-16)23-22(26)24-21(25)20(17-10-4-2-5-11-17)18-12-6-3-7-13-18/h2-15,20H,1H3,(H2,23,24,25,26). The van der Waals surface area contributed by atoms with Gasteiger partial charge in [-0.05, 0) is 48.0 Å². The van der Waals surface area contributed by atoms with E-state index in [-0.39, 0.29) is 11.0 Å². The molecule has 0 aliphatic rings. The molecule has 130 valence electrons. The lowest BCUT2D eigenvalue weighted by Crippen LogP contribution is -2.37. The van der Waals surface area contributed by atoms with Gasteiger partial charge in [0, 0.05) is 5.69 Å². The molecule has 4 heteroatoms. The molecule has 0 radical (unpaired) electrons. The molecule has 1 amide bonds. The zero-order valence-electron chi connectivity index (χ0n) is 14.5. The van der Waals surface area contributed by atoms with Crippen LogP contribution in [-0.2, 0) is 4.79 Å². The van der Waals surface area contributed by atoms with Crippen LogP contribution in [0.15, 0.2) is 84.9 Å². The van der Waals surface area contributed by atoms with Crippen LogP contribution in [-0.4, -0.2) is 11.0 Å². The third-order valence-electron chi connectivity index (χ3n) is 4.04. The summed E-state index contributed by atoms with van der Waals surface area (Å²) < 4.78 is 0. The summed E-state index contributed by atoms with van der Waals surface area (Å²) in [6.07, 6.45) is 0. The molecule has 3 aromatic rings. The maximum absolute atomic E-state index is 13.0. The first-order valence-corrected chi connectivity index (χ1v) is 8.83. The van der Waals surface area contributed by atoms with Gasteiger partial charge >= 0.3 is 0 Å². The molecule has 0 unspecified atom stereocenters. The van der Waals surface area contributed by atoms with E-state index in [4.69, 9.17) is 12.2 Å². The van der Waals surface area contributed by atoms with Crippen molar-refractivity contribution in [2.75, 3.05) is 5.32 Å². The van der Waals surface area contributed by atoms with Gasteiger partial charge in [-0.15, -0.1) is 0 Å². The number of anilines is 1. The van der Waals surface area contributed by atoms with E-state index in [1.165, 1.54) is 0 Å². The highest BCUT2D eigenvalue weighted by atomic mass is 32.1. The second kappa shape index (κ2) is 8.41. The van der Waals surface area contributed by atoms with Crippen molar-refractivity contribution in [2.45, 2.75) is 12.8 Å². The van der Waals surface area contributed by atoms with Crippen LogP contribution in [0.5, 0.6) is 0 Å². The van der Waals surface area contributed by atoms with E-state index in [0.717, 1.165) is 22.4 Å². The molecule has 0 saturated heterocycles. The maximum Gasteiger partial charge on any atom is 0.238 e. The van der Waals surface area contributed by atoms with Gasteiger partial charge in [-0.2, -0.15) is 0 Å². The number of aryl methyl sites for hydroxylation is 1. The SMILES string of the molecule is Cc1cccc(NC(=S)NC(=O)C(c2ccccc2)c2ccccc2)c1. The van der Waals surface area contributed by atoms with Crippen LogP contribution in [0.4, 0.5) is 5.69 Å². The van der Waals surface area contributed by atoms with Crippen molar-refractivity contribution < 1.29 is 4.79 Å². The Balaban J connectivity index is 1.79. The fraction of sp³-hybridized carbons (Fsp3) is 0.0909. The second-order valence-corrected chi connectivity index (χ2v) is 6.48. The fourth-order valence-electron chi connectivity index (χ4n) is 2.86. The van der Waals surface area contributed by atoms with Crippen molar-refractivity contribution >= 4 is 28.9 Å². The van der Waals surface area contributed by atoms with E-state index in [0.29, 0.717) is 0 Å². The van der Waals surface area contributed by atoms with Crippen molar-refractivity contribution in [2.24, 2.45) is 0 Å².